The first kappa shape index (κ1) is 45.0. The van der Waals surface area contributed by atoms with E-state index in [1.54, 1.807) is 6.92 Å². The topological polar surface area (TPSA) is 149 Å². The van der Waals surface area contributed by atoms with Crippen LogP contribution in [0.5, 0.6) is 0 Å². The summed E-state index contributed by atoms with van der Waals surface area (Å²) in [5.41, 5.74) is 0. The molecule has 0 spiro atoms. The average Bonchev–Trinajstić information content (AvgIpc) is 3.05. The smallest absolute Gasteiger partial charge is 0.462 e. The number of phosphoric ester groups is 1. The van der Waals surface area contributed by atoms with Gasteiger partial charge in [0, 0.05) is 12.8 Å². The van der Waals surface area contributed by atoms with Crippen LogP contribution >= 0.6 is 7.82 Å². The number of hydrogen-bond donors (Lipinski definition) is 3. The maximum absolute atomic E-state index is 12.3. The molecule has 0 aromatic rings. The maximum Gasteiger partial charge on any atom is 0.472 e. The van der Waals surface area contributed by atoms with Gasteiger partial charge in [-0.25, -0.2) is 4.57 Å². The first-order valence-corrected chi connectivity index (χ1v) is 20.0. The van der Waals surface area contributed by atoms with Crippen molar-refractivity contribution in [1.29, 1.82) is 0 Å². The molecule has 46 heavy (non-hydrogen) atoms. The van der Waals surface area contributed by atoms with Gasteiger partial charge in [0.25, 0.3) is 0 Å². The third kappa shape index (κ3) is 31.6. The quantitative estimate of drug-likeness (QED) is 0.0337. The molecule has 11 heteroatoms. The fourth-order valence-corrected chi connectivity index (χ4v) is 5.94. The van der Waals surface area contributed by atoms with Crippen molar-refractivity contribution >= 4 is 19.8 Å². The van der Waals surface area contributed by atoms with E-state index in [1.807, 2.05) is 0 Å². The number of carbonyl (C=O) groups excluding carboxylic acids is 2. The molecule has 0 rings (SSSR count). The summed E-state index contributed by atoms with van der Waals surface area (Å²) in [4.78, 5) is 33.6. The van der Waals surface area contributed by atoms with Gasteiger partial charge in [0.1, 0.15) is 12.7 Å². The molecule has 0 radical (unpaired) electrons. The Labute approximate surface area is 280 Å². The zero-order valence-electron chi connectivity index (χ0n) is 29.3. The number of ether oxygens (including phenoxy) is 2. The van der Waals surface area contributed by atoms with E-state index in [0.29, 0.717) is 6.42 Å². The number of esters is 2. The summed E-state index contributed by atoms with van der Waals surface area (Å²) < 4.78 is 31.7. The summed E-state index contributed by atoms with van der Waals surface area (Å²) >= 11 is 0. The van der Waals surface area contributed by atoms with Crippen molar-refractivity contribution in [2.45, 2.75) is 187 Å². The van der Waals surface area contributed by atoms with Crippen LogP contribution in [0.25, 0.3) is 0 Å². The summed E-state index contributed by atoms with van der Waals surface area (Å²) in [5, 5.41) is 18.1. The predicted molar refractivity (Wildman–Crippen MR) is 182 cm³/mol. The Morgan fingerprint density at radius 3 is 1.37 bits per heavy atom. The molecule has 0 aliphatic carbocycles. The van der Waals surface area contributed by atoms with Gasteiger partial charge in [-0.3, -0.25) is 18.6 Å². The number of carbonyl (C=O) groups is 2. The van der Waals surface area contributed by atoms with E-state index < -0.39 is 51.8 Å². The fourth-order valence-electron chi connectivity index (χ4n) is 5.15. The second-order valence-electron chi connectivity index (χ2n) is 12.6. The van der Waals surface area contributed by atoms with E-state index in [9.17, 15) is 24.2 Å². The number of rotatable bonds is 35. The molecule has 0 aliphatic heterocycles. The zero-order chi connectivity index (χ0) is 34.1. The van der Waals surface area contributed by atoms with E-state index in [4.69, 9.17) is 19.1 Å². The molecule has 274 valence electrons. The van der Waals surface area contributed by atoms with Crippen LogP contribution in [0.1, 0.15) is 174 Å². The molecule has 0 fully saturated rings. The number of unbranched alkanes of at least 4 members (excludes halogenated alkanes) is 22. The highest BCUT2D eigenvalue weighted by Gasteiger charge is 2.27. The minimum Gasteiger partial charge on any atom is -0.462 e. The van der Waals surface area contributed by atoms with Crippen LogP contribution in [0.3, 0.4) is 0 Å². The Morgan fingerprint density at radius 1 is 0.587 bits per heavy atom. The predicted octanol–water partition coefficient (Wildman–Crippen LogP) is 8.72. The second kappa shape index (κ2) is 32.5. The molecule has 0 saturated heterocycles. The molecular weight excluding hydrogens is 611 g/mol. The highest BCUT2D eigenvalue weighted by molar-refractivity contribution is 7.47. The monoisotopic (exact) mass is 680 g/mol. The Bertz CT molecular complexity index is 751. The number of aliphatic hydroxyl groups is 2. The van der Waals surface area contributed by atoms with Crippen LogP contribution in [0.15, 0.2) is 0 Å². The molecule has 0 saturated carbocycles. The van der Waals surface area contributed by atoms with Gasteiger partial charge in [0.2, 0.25) is 0 Å². The van der Waals surface area contributed by atoms with Crippen LogP contribution in [0.4, 0.5) is 0 Å². The van der Waals surface area contributed by atoms with Crippen LogP contribution in [0, 0.1) is 0 Å². The lowest BCUT2D eigenvalue weighted by molar-refractivity contribution is -0.161. The van der Waals surface area contributed by atoms with Gasteiger partial charge in [-0.15, -0.1) is 0 Å². The van der Waals surface area contributed by atoms with Gasteiger partial charge >= 0.3 is 19.8 Å². The van der Waals surface area contributed by atoms with Gasteiger partial charge in [0.05, 0.1) is 19.8 Å². The highest BCUT2D eigenvalue weighted by Crippen LogP contribution is 2.43. The second-order valence-corrected chi connectivity index (χ2v) is 14.0. The van der Waals surface area contributed by atoms with Gasteiger partial charge in [-0.1, -0.05) is 155 Å². The van der Waals surface area contributed by atoms with Crippen LogP contribution in [-0.4, -0.2) is 65.7 Å². The largest absolute Gasteiger partial charge is 0.472 e. The molecule has 0 bridgehead atoms. The number of hydrogen-bond acceptors (Lipinski definition) is 9. The van der Waals surface area contributed by atoms with Crippen LogP contribution < -0.4 is 0 Å². The Hall–Kier alpha value is -1.03. The molecule has 0 aliphatic rings. The molecule has 0 heterocycles. The van der Waals surface area contributed by atoms with Crippen molar-refractivity contribution in [2.24, 2.45) is 0 Å². The van der Waals surface area contributed by atoms with Crippen molar-refractivity contribution in [1.82, 2.24) is 0 Å². The van der Waals surface area contributed by atoms with Crippen molar-refractivity contribution in [3.8, 4) is 0 Å². The summed E-state index contributed by atoms with van der Waals surface area (Å²) in [7, 11) is -4.57. The minimum atomic E-state index is -4.57. The van der Waals surface area contributed by atoms with E-state index in [-0.39, 0.29) is 19.4 Å². The number of phosphoric acid groups is 1. The van der Waals surface area contributed by atoms with E-state index >= 15 is 0 Å². The Kier molecular flexibility index (Phi) is 31.8. The molecular formula is C35H69O10P. The van der Waals surface area contributed by atoms with E-state index in [1.165, 1.54) is 122 Å². The molecule has 0 amide bonds. The first-order chi connectivity index (χ1) is 22.2. The molecule has 10 nitrogen and oxygen atoms in total. The van der Waals surface area contributed by atoms with Crippen LogP contribution in [0.2, 0.25) is 0 Å². The molecule has 3 atom stereocenters. The Balaban J connectivity index is 3.76. The average molecular weight is 681 g/mol. The third-order valence-corrected chi connectivity index (χ3v) is 9.02. The third-order valence-electron chi connectivity index (χ3n) is 8.07. The van der Waals surface area contributed by atoms with Gasteiger partial charge < -0.3 is 24.6 Å². The van der Waals surface area contributed by atoms with E-state index in [0.717, 1.165) is 19.3 Å². The van der Waals surface area contributed by atoms with Gasteiger partial charge in [-0.2, -0.15) is 0 Å². The summed E-state index contributed by atoms with van der Waals surface area (Å²) in [6.45, 7) is 1.77. The molecule has 0 aromatic heterocycles. The van der Waals surface area contributed by atoms with Crippen molar-refractivity contribution in [3.05, 3.63) is 0 Å². The molecule has 3 unspecified atom stereocenters. The minimum absolute atomic E-state index is 0.127. The molecule has 3 N–H and O–H groups in total. The van der Waals surface area contributed by atoms with Crippen molar-refractivity contribution < 1.29 is 47.8 Å². The van der Waals surface area contributed by atoms with Crippen molar-refractivity contribution in [3.63, 3.8) is 0 Å². The van der Waals surface area contributed by atoms with Gasteiger partial charge in [0.15, 0.2) is 6.10 Å². The Morgan fingerprint density at radius 2 is 0.978 bits per heavy atom. The lowest BCUT2D eigenvalue weighted by atomic mass is 10.0. The van der Waals surface area contributed by atoms with E-state index in [2.05, 4.69) is 11.4 Å². The summed E-state index contributed by atoms with van der Waals surface area (Å²) in [6.07, 6.45) is 27.8. The normalized spacial score (nSPS) is 14.1. The lowest BCUT2D eigenvalue weighted by Gasteiger charge is -2.20. The van der Waals surface area contributed by atoms with Gasteiger partial charge in [-0.05, 0) is 6.42 Å². The lowest BCUT2D eigenvalue weighted by Crippen LogP contribution is -2.29. The summed E-state index contributed by atoms with van der Waals surface area (Å²) in [6, 6.07) is 0. The highest BCUT2D eigenvalue weighted by atomic mass is 31.2. The number of aliphatic hydroxyl groups excluding tert-OH is 2. The summed E-state index contributed by atoms with van der Waals surface area (Å²) in [5.74, 6) is -1.01. The standard InChI is InChI=1S/C35H69O10P/c1-3-5-6-7-8-9-10-11-12-13-14-15-16-17-18-19-20-21-22-23-24-25-26-27-35(39)45-33(30-42-34(38)4-2)31-44-46(40,41)43-29-32(37)28-36/h32-33,36-37H,3-31H2,1-2H3,(H,40,41). The first-order valence-electron chi connectivity index (χ1n) is 18.5. The SMILES string of the molecule is CCCCCCCCCCCCCCCCCCCCCCCCCC(=O)OC(COC(=O)CC)COP(=O)(O)OCC(O)CO. The fraction of sp³-hybridized carbons (Fsp3) is 0.943. The molecule has 0 aromatic carbocycles. The maximum atomic E-state index is 12.3. The van der Waals surface area contributed by atoms with Crippen molar-refractivity contribution in [2.75, 3.05) is 26.4 Å². The zero-order valence-corrected chi connectivity index (χ0v) is 30.2. The van der Waals surface area contributed by atoms with Crippen LogP contribution in [-0.2, 0) is 32.7 Å².